The third-order valence-corrected chi connectivity index (χ3v) is 8.16. The number of rotatable bonds is 0. The number of amides is 1. The Balaban J connectivity index is 1.68. The second-order valence-corrected chi connectivity index (χ2v) is 8.74. The zero-order chi connectivity index (χ0) is 14.8. The number of fused-ring (bicyclic) bond motifs is 5. The van der Waals surface area contributed by atoms with Crippen molar-refractivity contribution in [1.29, 1.82) is 0 Å². The highest BCUT2D eigenvalue weighted by atomic mass is 16.1. The third-order valence-electron chi connectivity index (χ3n) is 8.16. The van der Waals surface area contributed by atoms with Crippen LogP contribution < -0.4 is 5.32 Å². The molecule has 116 valence electrons. The molecular weight excluding hydrogens is 258 g/mol. The quantitative estimate of drug-likeness (QED) is 0.719. The van der Waals surface area contributed by atoms with E-state index in [0.29, 0.717) is 11.5 Å². The van der Waals surface area contributed by atoms with Crippen molar-refractivity contribution in [3.63, 3.8) is 0 Å². The van der Waals surface area contributed by atoms with Crippen molar-refractivity contribution in [3.8, 4) is 0 Å². The van der Waals surface area contributed by atoms with Crippen molar-refractivity contribution in [3.05, 3.63) is 12.2 Å². The van der Waals surface area contributed by atoms with Crippen LogP contribution in [0.4, 0.5) is 0 Å². The van der Waals surface area contributed by atoms with Gasteiger partial charge in [0.25, 0.3) is 0 Å². The van der Waals surface area contributed by atoms with Gasteiger partial charge in [-0.05, 0) is 73.7 Å². The lowest BCUT2D eigenvalue weighted by molar-refractivity contribution is -0.122. The minimum atomic E-state index is 0.117. The van der Waals surface area contributed by atoms with Gasteiger partial charge < -0.3 is 5.32 Å². The van der Waals surface area contributed by atoms with Crippen LogP contribution in [0.15, 0.2) is 12.2 Å². The highest BCUT2D eigenvalue weighted by molar-refractivity contribution is 5.89. The molecule has 1 aliphatic heterocycles. The molecule has 7 atom stereocenters. The summed E-state index contributed by atoms with van der Waals surface area (Å²) in [6, 6.07) is 0.374. The molecule has 1 heterocycles. The summed E-state index contributed by atoms with van der Waals surface area (Å²) in [7, 11) is 0. The Morgan fingerprint density at radius 2 is 1.90 bits per heavy atom. The van der Waals surface area contributed by atoms with Crippen molar-refractivity contribution in [2.75, 3.05) is 0 Å². The maximum absolute atomic E-state index is 11.7. The van der Waals surface area contributed by atoms with Gasteiger partial charge in [-0.1, -0.05) is 26.8 Å². The van der Waals surface area contributed by atoms with Crippen LogP contribution in [0.2, 0.25) is 0 Å². The Morgan fingerprint density at radius 1 is 1.10 bits per heavy atom. The van der Waals surface area contributed by atoms with Crippen molar-refractivity contribution in [2.45, 2.75) is 65.3 Å². The molecule has 4 rings (SSSR count). The predicted molar refractivity (Wildman–Crippen MR) is 84.6 cm³/mol. The van der Waals surface area contributed by atoms with Crippen LogP contribution in [-0.4, -0.2) is 11.9 Å². The number of nitrogens with one attached hydrogen (secondary N) is 1. The molecule has 0 radical (unpaired) electrons. The lowest BCUT2D eigenvalue weighted by Crippen LogP contribution is -2.59. The van der Waals surface area contributed by atoms with Gasteiger partial charge in [0, 0.05) is 11.5 Å². The number of carbonyl (C=O) groups excluding carboxylic acids is 1. The van der Waals surface area contributed by atoms with Gasteiger partial charge in [-0.25, -0.2) is 0 Å². The second-order valence-electron chi connectivity index (χ2n) is 8.74. The molecule has 3 fully saturated rings. The van der Waals surface area contributed by atoms with Crippen LogP contribution in [0.3, 0.4) is 0 Å². The van der Waals surface area contributed by atoms with Gasteiger partial charge in [0.15, 0.2) is 0 Å². The first-order valence-corrected chi connectivity index (χ1v) is 8.95. The van der Waals surface area contributed by atoms with Gasteiger partial charge in [0.1, 0.15) is 0 Å². The summed E-state index contributed by atoms with van der Waals surface area (Å²) in [6.07, 6.45) is 12.2. The van der Waals surface area contributed by atoms with Crippen LogP contribution >= 0.6 is 0 Å². The van der Waals surface area contributed by atoms with E-state index >= 15 is 0 Å². The van der Waals surface area contributed by atoms with E-state index in [1.807, 2.05) is 0 Å². The Hall–Kier alpha value is -0.790. The second kappa shape index (κ2) is 4.36. The smallest absolute Gasteiger partial charge is 0.243 e. The summed E-state index contributed by atoms with van der Waals surface area (Å²) < 4.78 is 0. The van der Waals surface area contributed by atoms with Crippen molar-refractivity contribution in [2.24, 2.45) is 34.5 Å². The molecule has 0 aromatic carbocycles. The zero-order valence-electron chi connectivity index (χ0n) is 13.7. The Labute approximate surface area is 128 Å². The van der Waals surface area contributed by atoms with E-state index in [9.17, 15) is 4.79 Å². The fourth-order valence-corrected chi connectivity index (χ4v) is 6.60. The standard InChI is InChI=1S/C19H29NO/c1-12-4-6-14-13-5-7-16-19(3,11-9-17(21)20-16)15(13)8-10-18(12,14)2/h9,11-16H,4-8,10H2,1-3H3,(H,20,21)/t12-,13?,14-,15-,16+,18?,19?/m0/s1. The van der Waals surface area contributed by atoms with Gasteiger partial charge in [0.05, 0.1) is 0 Å². The van der Waals surface area contributed by atoms with E-state index in [0.717, 1.165) is 23.7 Å². The van der Waals surface area contributed by atoms with Crippen molar-refractivity contribution >= 4 is 5.91 Å². The van der Waals surface area contributed by atoms with Crippen LogP contribution in [0.25, 0.3) is 0 Å². The molecule has 0 saturated heterocycles. The highest BCUT2D eigenvalue weighted by Crippen LogP contribution is 2.64. The maximum Gasteiger partial charge on any atom is 0.243 e. The van der Waals surface area contributed by atoms with Crippen LogP contribution in [-0.2, 0) is 4.79 Å². The lowest BCUT2D eigenvalue weighted by Gasteiger charge is -2.58. The molecule has 3 saturated carbocycles. The molecule has 0 aromatic heterocycles. The molecule has 2 heteroatoms. The predicted octanol–water partition coefficient (Wildman–Crippen LogP) is 3.92. The monoisotopic (exact) mass is 287 g/mol. The highest BCUT2D eigenvalue weighted by Gasteiger charge is 2.58. The molecule has 1 amide bonds. The molecule has 0 bridgehead atoms. The van der Waals surface area contributed by atoms with Gasteiger partial charge in [0.2, 0.25) is 5.91 Å². The summed E-state index contributed by atoms with van der Waals surface area (Å²) in [5.74, 6) is 3.60. The maximum atomic E-state index is 11.7. The van der Waals surface area contributed by atoms with E-state index in [1.54, 1.807) is 6.08 Å². The summed E-state index contributed by atoms with van der Waals surface area (Å²) in [6.45, 7) is 7.46. The molecule has 4 aliphatic rings. The molecule has 21 heavy (non-hydrogen) atoms. The Bertz CT molecular complexity index is 498. The van der Waals surface area contributed by atoms with Crippen molar-refractivity contribution in [1.82, 2.24) is 5.32 Å². The first-order chi connectivity index (χ1) is 9.95. The summed E-state index contributed by atoms with van der Waals surface area (Å²) in [5, 5.41) is 3.24. The minimum absolute atomic E-state index is 0.117. The van der Waals surface area contributed by atoms with Crippen molar-refractivity contribution < 1.29 is 4.79 Å². The van der Waals surface area contributed by atoms with E-state index in [1.165, 1.54) is 38.5 Å². The number of hydrogen-bond acceptors (Lipinski definition) is 1. The number of hydrogen-bond donors (Lipinski definition) is 1. The van der Waals surface area contributed by atoms with E-state index in [4.69, 9.17) is 0 Å². The van der Waals surface area contributed by atoms with Gasteiger partial charge >= 0.3 is 0 Å². The number of carbonyl (C=O) groups is 1. The summed E-state index contributed by atoms with van der Waals surface area (Å²) >= 11 is 0. The van der Waals surface area contributed by atoms with Gasteiger partial charge in [-0.2, -0.15) is 0 Å². The molecule has 3 unspecified atom stereocenters. The molecular formula is C19H29NO. The van der Waals surface area contributed by atoms with Crippen LogP contribution in [0.5, 0.6) is 0 Å². The fraction of sp³-hybridized carbons (Fsp3) is 0.842. The minimum Gasteiger partial charge on any atom is -0.349 e. The molecule has 2 nitrogen and oxygen atoms in total. The lowest BCUT2D eigenvalue weighted by atomic mass is 9.48. The summed E-state index contributed by atoms with van der Waals surface area (Å²) in [4.78, 5) is 11.7. The third kappa shape index (κ3) is 1.74. The SMILES string of the molecule is C[C@H]1CC[C@H]2C3CC[C@H]4NC(=O)C=CC4(C)[C@H]3CCC12C. The average Bonchev–Trinajstić information content (AvgIpc) is 2.76. The van der Waals surface area contributed by atoms with Crippen LogP contribution in [0, 0.1) is 34.5 Å². The fourth-order valence-electron chi connectivity index (χ4n) is 6.60. The largest absolute Gasteiger partial charge is 0.349 e. The summed E-state index contributed by atoms with van der Waals surface area (Å²) in [5.41, 5.74) is 0.788. The van der Waals surface area contributed by atoms with E-state index in [-0.39, 0.29) is 11.3 Å². The van der Waals surface area contributed by atoms with Gasteiger partial charge in [-0.3, -0.25) is 4.79 Å². The Morgan fingerprint density at radius 3 is 2.71 bits per heavy atom. The topological polar surface area (TPSA) is 29.1 Å². The normalized spacial score (nSPS) is 55.4. The average molecular weight is 287 g/mol. The van der Waals surface area contributed by atoms with E-state index < -0.39 is 0 Å². The molecule has 1 N–H and O–H groups in total. The molecule has 0 spiro atoms. The molecule has 0 aromatic rings. The zero-order valence-corrected chi connectivity index (χ0v) is 13.7. The Kier molecular flexibility index (Phi) is 2.88. The van der Waals surface area contributed by atoms with Crippen LogP contribution in [0.1, 0.15) is 59.3 Å². The first kappa shape index (κ1) is 13.8. The first-order valence-electron chi connectivity index (χ1n) is 8.95. The molecule has 3 aliphatic carbocycles. The van der Waals surface area contributed by atoms with Gasteiger partial charge in [-0.15, -0.1) is 0 Å². The van der Waals surface area contributed by atoms with E-state index in [2.05, 4.69) is 32.2 Å².